The Balaban J connectivity index is 1.60. The van der Waals surface area contributed by atoms with Crippen LogP contribution in [-0.2, 0) is 23.6 Å². The maximum atomic E-state index is 13.1. The first-order valence-electron chi connectivity index (χ1n) is 10.3. The molecular weight excluding hydrogens is 478 g/mol. The van der Waals surface area contributed by atoms with Gasteiger partial charge >= 0.3 is 0 Å². The summed E-state index contributed by atoms with van der Waals surface area (Å²) in [4.78, 5) is 17.6. The van der Waals surface area contributed by atoms with Gasteiger partial charge in [-0.25, -0.2) is 8.42 Å². The van der Waals surface area contributed by atoms with E-state index in [9.17, 15) is 13.2 Å². The van der Waals surface area contributed by atoms with Crippen molar-refractivity contribution in [2.45, 2.75) is 18.4 Å². The third-order valence-corrected chi connectivity index (χ3v) is 8.60. The summed E-state index contributed by atoms with van der Waals surface area (Å²) < 4.78 is 30.4. The number of thiazole rings is 1. The van der Waals surface area contributed by atoms with Crippen molar-refractivity contribution in [1.29, 1.82) is 0 Å². The first-order valence-corrected chi connectivity index (χ1v) is 12.9. The van der Waals surface area contributed by atoms with Crippen molar-refractivity contribution in [3.05, 3.63) is 93.7 Å². The number of amides is 1. The zero-order valence-electron chi connectivity index (χ0n) is 18.1. The van der Waals surface area contributed by atoms with Crippen LogP contribution in [0, 0.1) is 0 Å². The molecule has 1 amide bonds. The third kappa shape index (κ3) is 4.79. The highest BCUT2D eigenvalue weighted by molar-refractivity contribution is 7.89. The fourth-order valence-electron chi connectivity index (χ4n) is 3.49. The van der Waals surface area contributed by atoms with Crippen LogP contribution < -0.4 is 4.80 Å². The fourth-order valence-corrected chi connectivity index (χ4v) is 6.33. The molecule has 0 radical (unpaired) electrons. The Morgan fingerprint density at radius 2 is 1.73 bits per heavy atom. The number of rotatable bonds is 6. The maximum absolute atomic E-state index is 13.1. The number of hydrogen-bond acceptors (Lipinski definition) is 4. The number of nitrogens with zero attached hydrogens (tertiary/aromatic N) is 3. The number of sulfonamides is 1. The molecule has 4 aromatic rings. The lowest BCUT2D eigenvalue weighted by atomic mass is 10.2. The van der Waals surface area contributed by atoms with Crippen molar-refractivity contribution in [2.75, 3.05) is 6.54 Å². The molecule has 0 saturated heterocycles. The molecular formula is C24H22ClN3O3S2. The molecule has 6 nitrogen and oxygen atoms in total. The van der Waals surface area contributed by atoms with E-state index < -0.39 is 15.9 Å². The zero-order valence-corrected chi connectivity index (χ0v) is 20.5. The number of aromatic nitrogens is 1. The van der Waals surface area contributed by atoms with E-state index in [0.717, 1.165) is 15.8 Å². The number of aryl methyl sites for hydroxylation is 1. The summed E-state index contributed by atoms with van der Waals surface area (Å²) in [6.07, 6.45) is 0. The van der Waals surface area contributed by atoms with E-state index in [1.807, 2.05) is 42.5 Å². The van der Waals surface area contributed by atoms with Gasteiger partial charge in [0, 0.05) is 25.7 Å². The van der Waals surface area contributed by atoms with Gasteiger partial charge in [-0.15, -0.1) is 0 Å². The SMILES string of the molecule is CCN(Cc1ccccc1)S(=O)(=O)c1ccc(C(=O)N=c2sc3cccc(Cl)c3n2C)cc1. The Hall–Kier alpha value is -2.78. The highest BCUT2D eigenvalue weighted by atomic mass is 35.5. The minimum Gasteiger partial charge on any atom is -0.318 e. The number of benzene rings is 3. The standard InChI is InChI=1S/C24H22ClN3O3S2/c1-3-28(16-17-8-5-4-6-9-17)33(30,31)19-14-12-18(13-15-19)23(29)26-24-27(2)22-20(25)10-7-11-21(22)32-24/h4-15H,3,16H2,1-2H3. The van der Waals surface area contributed by atoms with Crippen molar-refractivity contribution in [3.8, 4) is 0 Å². The van der Waals surface area contributed by atoms with E-state index in [1.54, 1.807) is 24.6 Å². The van der Waals surface area contributed by atoms with Gasteiger partial charge in [-0.3, -0.25) is 4.79 Å². The number of para-hydroxylation sites is 1. The summed E-state index contributed by atoms with van der Waals surface area (Å²) in [7, 11) is -1.90. The second-order valence-electron chi connectivity index (χ2n) is 7.39. The average molecular weight is 500 g/mol. The first kappa shape index (κ1) is 23.4. The van der Waals surface area contributed by atoms with E-state index in [2.05, 4.69) is 4.99 Å². The van der Waals surface area contributed by atoms with Crippen LogP contribution in [0.1, 0.15) is 22.8 Å². The predicted molar refractivity (Wildman–Crippen MR) is 132 cm³/mol. The Morgan fingerprint density at radius 3 is 2.36 bits per heavy atom. The second kappa shape index (κ2) is 9.61. The molecule has 0 N–H and O–H groups in total. The minimum absolute atomic E-state index is 0.135. The molecule has 3 aromatic carbocycles. The van der Waals surface area contributed by atoms with Gasteiger partial charge in [0.1, 0.15) is 0 Å². The molecule has 0 spiro atoms. The van der Waals surface area contributed by atoms with Gasteiger partial charge in [-0.05, 0) is 42.0 Å². The lowest BCUT2D eigenvalue weighted by Gasteiger charge is -2.20. The number of carbonyl (C=O) groups excluding carboxylic acids is 1. The Morgan fingerprint density at radius 1 is 1.03 bits per heavy atom. The molecule has 9 heteroatoms. The van der Waals surface area contributed by atoms with Crippen molar-refractivity contribution in [2.24, 2.45) is 12.0 Å². The Labute approximate surface area is 201 Å². The van der Waals surface area contributed by atoms with E-state index in [0.29, 0.717) is 21.9 Å². The molecule has 0 saturated carbocycles. The van der Waals surface area contributed by atoms with E-state index in [-0.39, 0.29) is 11.4 Å². The molecule has 4 rings (SSSR count). The summed E-state index contributed by atoms with van der Waals surface area (Å²) >= 11 is 7.64. The monoisotopic (exact) mass is 499 g/mol. The highest BCUT2D eigenvalue weighted by Gasteiger charge is 2.23. The predicted octanol–water partition coefficient (Wildman–Crippen LogP) is 4.85. The Bertz CT molecular complexity index is 1480. The van der Waals surface area contributed by atoms with Crippen LogP contribution in [0.4, 0.5) is 0 Å². The maximum Gasteiger partial charge on any atom is 0.279 e. The number of hydrogen-bond donors (Lipinski definition) is 0. The molecule has 0 atom stereocenters. The summed E-state index contributed by atoms with van der Waals surface area (Å²) in [5, 5.41) is 0.589. The van der Waals surface area contributed by atoms with Crippen LogP contribution in [0.5, 0.6) is 0 Å². The lowest BCUT2D eigenvalue weighted by Crippen LogP contribution is -2.30. The van der Waals surface area contributed by atoms with Crippen molar-refractivity contribution in [1.82, 2.24) is 8.87 Å². The van der Waals surface area contributed by atoms with E-state index in [4.69, 9.17) is 11.6 Å². The number of carbonyl (C=O) groups is 1. The van der Waals surface area contributed by atoms with Gasteiger partial charge < -0.3 is 4.57 Å². The summed E-state index contributed by atoms with van der Waals surface area (Å²) in [5.74, 6) is -0.450. The Kier molecular flexibility index (Phi) is 6.81. The van der Waals surface area contributed by atoms with Crippen LogP contribution in [0.15, 0.2) is 82.7 Å². The topological polar surface area (TPSA) is 71.7 Å². The molecule has 0 bridgehead atoms. The molecule has 1 aromatic heterocycles. The van der Waals surface area contributed by atoms with Gasteiger partial charge in [0.15, 0.2) is 4.80 Å². The normalized spacial score (nSPS) is 12.5. The molecule has 0 unspecified atom stereocenters. The number of halogens is 1. The molecule has 170 valence electrons. The van der Waals surface area contributed by atoms with Gasteiger partial charge in [0.25, 0.3) is 5.91 Å². The highest BCUT2D eigenvalue weighted by Crippen LogP contribution is 2.24. The molecule has 0 aliphatic heterocycles. The smallest absolute Gasteiger partial charge is 0.279 e. The molecule has 0 aliphatic carbocycles. The first-order chi connectivity index (χ1) is 15.8. The van der Waals surface area contributed by atoms with E-state index >= 15 is 0 Å². The van der Waals surface area contributed by atoms with Crippen LogP contribution >= 0.6 is 22.9 Å². The number of fused-ring (bicyclic) bond motifs is 1. The minimum atomic E-state index is -3.70. The van der Waals surface area contributed by atoms with E-state index in [1.165, 1.54) is 39.9 Å². The average Bonchev–Trinajstić information content (AvgIpc) is 3.14. The summed E-state index contributed by atoms with van der Waals surface area (Å²) in [6, 6.07) is 20.9. The van der Waals surface area contributed by atoms with Gasteiger partial charge in [0.05, 0.1) is 20.1 Å². The molecule has 0 aliphatic rings. The molecule has 33 heavy (non-hydrogen) atoms. The fraction of sp³-hybridized carbons (Fsp3) is 0.167. The molecule has 1 heterocycles. The van der Waals surface area contributed by atoms with Crippen LogP contribution in [0.25, 0.3) is 10.2 Å². The second-order valence-corrected chi connectivity index (χ2v) is 10.7. The van der Waals surface area contributed by atoms with Gasteiger partial charge in [0.2, 0.25) is 10.0 Å². The largest absolute Gasteiger partial charge is 0.318 e. The molecule has 0 fully saturated rings. The van der Waals surface area contributed by atoms with Crippen LogP contribution in [0.2, 0.25) is 5.02 Å². The van der Waals surface area contributed by atoms with Crippen molar-refractivity contribution >= 4 is 49.1 Å². The summed E-state index contributed by atoms with van der Waals surface area (Å²) in [6.45, 7) is 2.41. The third-order valence-electron chi connectivity index (χ3n) is 5.26. The zero-order chi connectivity index (χ0) is 23.6. The van der Waals surface area contributed by atoms with Crippen molar-refractivity contribution < 1.29 is 13.2 Å². The lowest BCUT2D eigenvalue weighted by molar-refractivity contribution is 0.0998. The van der Waals surface area contributed by atoms with Gasteiger partial charge in [-0.1, -0.05) is 66.3 Å². The quantitative estimate of drug-likeness (QED) is 0.381. The van der Waals surface area contributed by atoms with Crippen LogP contribution in [-0.4, -0.2) is 29.7 Å². The van der Waals surface area contributed by atoms with Crippen molar-refractivity contribution in [3.63, 3.8) is 0 Å². The summed E-state index contributed by atoms with van der Waals surface area (Å²) in [5.41, 5.74) is 2.03. The van der Waals surface area contributed by atoms with Crippen LogP contribution in [0.3, 0.4) is 0 Å². The van der Waals surface area contributed by atoms with Gasteiger partial charge in [-0.2, -0.15) is 9.30 Å².